The zero-order chi connectivity index (χ0) is 10.1. The van der Waals surface area contributed by atoms with Crippen molar-refractivity contribution in [3.8, 4) is 0 Å². The molecule has 76 valence electrons. The summed E-state index contributed by atoms with van der Waals surface area (Å²) in [5.41, 5.74) is 0.659. The minimum Gasteiger partial charge on any atom is -0.298 e. The van der Waals surface area contributed by atoms with Crippen molar-refractivity contribution in [3.63, 3.8) is 0 Å². The average Bonchev–Trinajstić information content (AvgIpc) is 2.56. The molecule has 0 radical (unpaired) electrons. The molecule has 2 atom stereocenters. The Labute approximate surface area is 92.0 Å². The second-order valence-corrected chi connectivity index (χ2v) is 5.02. The van der Waals surface area contributed by atoms with Gasteiger partial charge >= 0.3 is 0 Å². The van der Waals surface area contributed by atoms with Gasteiger partial charge in [0, 0.05) is 22.4 Å². The monoisotopic (exact) mass is 231 g/mol. The van der Waals surface area contributed by atoms with Crippen LogP contribution in [0.4, 0.5) is 4.39 Å². The third kappa shape index (κ3) is 2.05. The Morgan fingerprint density at radius 3 is 3.00 bits per heavy atom. The first-order valence-corrected chi connectivity index (χ1v) is 5.92. The molecule has 0 amide bonds. The summed E-state index contributed by atoms with van der Waals surface area (Å²) in [4.78, 5) is 0. The van der Waals surface area contributed by atoms with Crippen LogP contribution in [-0.2, 0) is 0 Å². The van der Waals surface area contributed by atoms with Gasteiger partial charge in [-0.25, -0.2) is 4.39 Å². The Kier molecular flexibility index (Phi) is 3.00. The van der Waals surface area contributed by atoms with Gasteiger partial charge in [-0.1, -0.05) is 11.6 Å². The highest BCUT2D eigenvalue weighted by Crippen LogP contribution is 2.34. The van der Waals surface area contributed by atoms with Crippen LogP contribution in [-0.4, -0.2) is 11.8 Å². The second kappa shape index (κ2) is 4.09. The smallest absolute Gasteiger partial charge is 0.128 e. The van der Waals surface area contributed by atoms with E-state index in [2.05, 4.69) is 12.2 Å². The fourth-order valence-corrected chi connectivity index (χ4v) is 2.94. The molecule has 14 heavy (non-hydrogen) atoms. The lowest BCUT2D eigenvalue weighted by Crippen LogP contribution is -2.22. The van der Waals surface area contributed by atoms with E-state index in [-0.39, 0.29) is 11.2 Å². The third-order valence-electron chi connectivity index (χ3n) is 2.19. The maximum atomic E-state index is 13.4. The molecule has 1 aromatic rings. The molecule has 1 heterocycles. The van der Waals surface area contributed by atoms with Crippen molar-refractivity contribution in [1.29, 1.82) is 0 Å². The van der Waals surface area contributed by atoms with Crippen LogP contribution < -0.4 is 5.32 Å². The molecule has 1 saturated heterocycles. The standard InChI is InChI=1S/C10H11ClFNS/c1-6-5-14-10(13-6)8-4-7(11)2-3-9(8)12/h2-4,6,10,13H,5H2,1H3. The highest BCUT2D eigenvalue weighted by Gasteiger charge is 2.24. The molecular formula is C10H11ClFNS. The number of halogens is 2. The zero-order valence-electron chi connectivity index (χ0n) is 7.76. The fraction of sp³-hybridized carbons (Fsp3) is 0.400. The summed E-state index contributed by atoms with van der Waals surface area (Å²) in [6.45, 7) is 2.09. The Morgan fingerprint density at radius 1 is 1.57 bits per heavy atom. The van der Waals surface area contributed by atoms with Crippen molar-refractivity contribution in [2.24, 2.45) is 0 Å². The van der Waals surface area contributed by atoms with Crippen LogP contribution in [0.2, 0.25) is 5.02 Å². The van der Waals surface area contributed by atoms with E-state index in [1.54, 1.807) is 23.9 Å². The Morgan fingerprint density at radius 2 is 2.36 bits per heavy atom. The minimum absolute atomic E-state index is 0.0451. The predicted octanol–water partition coefficient (Wildman–Crippen LogP) is 3.20. The Balaban J connectivity index is 2.27. The molecule has 0 saturated carbocycles. The average molecular weight is 232 g/mol. The van der Waals surface area contributed by atoms with Crippen LogP contribution in [0.15, 0.2) is 18.2 Å². The molecule has 0 aromatic heterocycles. The summed E-state index contributed by atoms with van der Waals surface area (Å²) >= 11 is 7.54. The molecule has 2 rings (SSSR count). The van der Waals surface area contributed by atoms with E-state index in [0.29, 0.717) is 16.6 Å². The van der Waals surface area contributed by atoms with Crippen LogP contribution in [0.25, 0.3) is 0 Å². The SMILES string of the molecule is CC1CSC(c2cc(Cl)ccc2F)N1. The van der Waals surface area contributed by atoms with Crippen LogP contribution in [0.1, 0.15) is 17.9 Å². The van der Waals surface area contributed by atoms with E-state index < -0.39 is 0 Å². The number of hydrogen-bond acceptors (Lipinski definition) is 2. The summed E-state index contributed by atoms with van der Waals surface area (Å²) in [6, 6.07) is 5.12. The van der Waals surface area contributed by atoms with Crippen molar-refractivity contribution < 1.29 is 4.39 Å². The number of thioether (sulfide) groups is 1. The molecule has 0 spiro atoms. The molecule has 1 aliphatic heterocycles. The van der Waals surface area contributed by atoms with E-state index in [0.717, 1.165) is 5.75 Å². The van der Waals surface area contributed by atoms with Crippen molar-refractivity contribution in [1.82, 2.24) is 5.32 Å². The molecule has 1 N–H and O–H groups in total. The van der Waals surface area contributed by atoms with Crippen molar-refractivity contribution in [2.75, 3.05) is 5.75 Å². The number of nitrogens with one attached hydrogen (secondary N) is 1. The van der Waals surface area contributed by atoms with Gasteiger partial charge in [0.15, 0.2) is 0 Å². The molecule has 2 unspecified atom stereocenters. The maximum absolute atomic E-state index is 13.4. The predicted molar refractivity (Wildman–Crippen MR) is 59.2 cm³/mol. The first-order chi connectivity index (χ1) is 6.66. The van der Waals surface area contributed by atoms with Gasteiger partial charge in [0.2, 0.25) is 0 Å². The van der Waals surface area contributed by atoms with E-state index in [4.69, 9.17) is 11.6 Å². The summed E-state index contributed by atoms with van der Waals surface area (Å²) < 4.78 is 13.4. The molecular weight excluding hydrogens is 221 g/mol. The maximum Gasteiger partial charge on any atom is 0.128 e. The van der Waals surface area contributed by atoms with Crippen molar-refractivity contribution in [2.45, 2.75) is 18.3 Å². The highest BCUT2D eigenvalue weighted by molar-refractivity contribution is 7.99. The lowest BCUT2D eigenvalue weighted by molar-refractivity contribution is 0.568. The number of rotatable bonds is 1. The first kappa shape index (κ1) is 10.3. The Bertz CT molecular complexity index is 345. The van der Waals surface area contributed by atoms with E-state index >= 15 is 0 Å². The van der Waals surface area contributed by atoms with Gasteiger partial charge in [0.25, 0.3) is 0 Å². The van der Waals surface area contributed by atoms with Crippen molar-refractivity contribution in [3.05, 3.63) is 34.6 Å². The summed E-state index contributed by atoms with van der Waals surface area (Å²) in [7, 11) is 0. The van der Waals surface area contributed by atoms with E-state index in [9.17, 15) is 4.39 Å². The Hall–Kier alpha value is -0.250. The van der Waals surface area contributed by atoms with Crippen LogP contribution in [0.3, 0.4) is 0 Å². The quantitative estimate of drug-likeness (QED) is 0.797. The number of hydrogen-bond donors (Lipinski definition) is 1. The van der Waals surface area contributed by atoms with Gasteiger partial charge in [-0.05, 0) is 25.1 Å². The zero-order valence-corrected chi connectivity index (χ0v) is 9.33. The van der Waals surface area contributed by atoms with Crippen LogP contribution >= 0.6 is 23.4 Å². The van der Waals surface area contributed by atoms with Gasteiger partial charge in [-0.2, -0.15) is 0 Å². The third-order valence-corrected chi connectivity index (χ3v) is 3.84. The minimum atomic E-state index is -0.187. The highest BCUT2D eigenvalue weighted by atomic mass is 35.5. The van der Waals surface area contributed by atoms with Gasteiger partial charge in [0.05, 0.1) is 5.37 Å². The van der Waals surface area contributed by atoms with Gasteiger partial charge in [0.1, 0.15) is 5.82 Å². The number of benzene rings is 1. The molecule has 4 heteroatoms. The lowest BCUT2D eigenvalue weighted by Gasteiger charge is -2.12. The molecule has 1 aliphatic rings. The second-order valence-electron chi connectivity index (χ2n) is 3.45. The summed E-state index contributed by atoms with van der Waals surface area (Å²) in [5.74, 6) is 0.824. The molecule has 1 aromatic carbocycles. The fourth-order valence-electron chi connectivity index (χ4n) is 1.49. The molecule has 1 fully saturated rings. The lowest BCUT2D eigenvalue weighted by atomic mass is 10.2. The topological polar surface area (TPSA) is 12.0 Å². The molecule has 1 nitrogen and oxygen atoms in total. The normalized spacial score (nSPS) is 26.8. The molecule has 0 bridgehead atoms. The summed E-state index contributed by atoms with van der Waals surface area (Å²) in [6.07, 6.45) is 0. The van der Waals surface area contributed by atoms with Gasteiger partial charge in [-0.3, -0.25) is 5.32 Å². The molecule has 0 aliphatic carbocycles. The van der Waals surface area contributed by atoms with Crippen LogP contribution in [0, 0.1) is 5.82 Å². The van der Waals surface area contributed by atoms with E-state index in [1.807, 2.05) is 0 Å². The van der Waals surface area contributed by atoms with Crippen molar-refractivity contribution >= 4 is 23.4 Å². The largest absolute Gasteiger partial charge is 0.298 e. The first-order valence-electron chi connectivity index (χ1n) is 4.49. The van der Waals surface area contributed by atoms with Crippen LogP contribution in [0.5, 0.6) is 0 Å². The van der Waals surface area contributed by atoms with E-state index in [1.165, 1.54) is 6.07 Å². The summed E-state index contributed by atoms with van der Waals surface area (Å²) in [5, 5.41) is 3.93. The van der Waals surface area contributed by atoms with Gasteiger partial charge < -0.3 is 0 Å². The van der Waals surface area contributed by atoms with Gasteiger partial charge in [-0.15, -0.1) is 11.8 Å².